The Labute approximate surface area is 268 Å². The van der Waals surface area contributed by atoms with Crippen molar-refractivity contribution >= 4 is 17.7 Å². The maximum Gasteiger partial charge on any atom is 0.322 e. The molecule has 2 heterocycles. The van der Waals surface area contributed by atoms with E-state index in [1.165, 1.54) is 11.0 Å². The first-order valence-corrected chi connectivity index (χ1v) is 15.3. The molecule has 0 radical (unpaired) electrons. The largest absolute Gasteiger partial charge is 0.457 e. The van der Waals surface area contributed by atoms with Crippen LogP contribution in [-0.4, -0.2) is 71.4 Å². The number of nitrogens with zero attached hydrogens (tertiary/aromatic N) is 4. The standard InChI is InChI=1S/C36H39FN4O5/c1-35(2,3)30(42)23-45-34(44)36(33(43)40(4)5)17-19-41(20-18-36)22-24-11-13-26(14-12-24)31-38-32(46-39-31)27-15-16-28(29(37)21-27)25-9-7-6-8-10-25/h6-16,21H,17-20,22-23H2,1-5H3. The zero-order valence-electron chi connectivity index (χ0n) is 26.9. The number of aromatic nitrogens is 2. The molecule has 1 aliphatic rings. The number of ketones is 1. The minimum Gasteiger partial charge on any atom is -0.457 e. The molecule has 1 saturated heterocycles. The van der Waals surface area contributed by atoms with Crippen LogP contribution in [0.4, 0.5) is 4.39 Å². The molecule has 9 nitrogen and oxygen atoms in total. The van der Waals surface area contributed by atoms with Gasteiger partial charge in [0.1, 0.15) is 11.2 Å². The number of rotatable bonds is 9. The fourth-order valence-electron chi connectivity index (χ4n) is 5.49. The molecule has 0 atom stereocenters. The first kappa shape index (κ1) is 32.7. The highest BCUT2D eigenvalue weighted by molar-refractivity contribution is 6.03. The van der Waals surface area contributed by atoms with Crippen molar-refractivity contribution in [1.82, 2.24) is 19.9 Å². The Morgan fingerprint density at radius 2 is 1.59 bits per heavy atom. The molecular formula is C36H39FN4O5. The van der Waals surface area contributed by atoms with Crippen LogP contribution in [0.1, 0.15) is 39.2 Å². The Morgan fingerprint density at radius 1 is 0.935 bits per heavy atom. The second-order valence-electron chi connectivity index (χ2n) is 13.0. The molecule has 1 aliphatic heterocycles. The number of carbonyl (C=O) groups excluding carboxylic acids is 3. The molecule has 0 N–H and O–H groups in total. The van der Waals surface area contributed by atoms with Gasteiger partial charge in [0.2, 0.25) is 11.7 Å². The summed E-state index contributed by atoms with van der Waals surface area (Å²) in [4.78, 5) is 46.9. The summed E-state index contributed by atoms with van der Waals surface area (Å²) in [6.07, 6.45) is 0.590. The molecule has 10 heteroatoms. The van der Waals surface area contributed by atoms with E-state index in [9.17, 15) is 18.8 Å². The molecule has 240 valence electrons. The van der Waals surface area contributed by atoms with Gasteiger partial charge in [-0.3, -0.25) is 19.3 Å². The van der Waals surface area contributed by atoms with Gasteiger partial charge in [0.25, 0.3) is 5.89 Å². The molecule has 0 aliphatic carbocycles. The van der Waals surface area contributed by atoms with Crippen LogP contribution in [0.25, 0.3) is 34.0 Å². The van der Waals surface area contributed by atoms with Gasteiger partial charge >= 0.3 is 5.97 Å². The van der Waals surface area contributed by atoms with Crippen molar-refractivity contribution < 1.29 is 28.0 Å². The number of ether oxygens (including phenoxy) is 1. The predicted molar refractivity (Wildman–Crippen MR) is 172 cm³/mol. The lowest BCUT2D eigenvalue weighted by atomic mass is 9.77. The second kappa shape index (κ2) is 13.3. The average molecular weight is 627 g/mol. The van der Waals surface area contributed by atoms with Crippen LogP contribution >= 0.6 is 0 Å². The number of halogens is 1. The maximum atomic E-state index is 14.9. The van der Waals surface area contributed by atoms with Gasteiger partial charge in [0.05, 0.1) is 0 Å². The van der Waals surface area contributed by atoms with Crippen molar-refractivity contribution in [2.24, 2.45) is 10.8 Å². The van der Waals surface area contributed by atoms with Gasteiger partial charge < -0.3 is 14.2 Å². The lowest BCUT2D eigenvalue weighted by Crippen LogP contribution is -2.53. The van der Waals surface area contributed by atoms with Gasteiger partial charge in [-0.15, -0.1) is 0 Å². The molecule has 0 bridgehead atoms. The van der Waals surface area contributed by atoms with Crippen molar-refractivity contribution in [2.75, 3.05) is 33.8 Å². The smallest absolute Gasteiger partial charge is 0.322 e. The third-order valence-electron chi connectivity index (χ3n) is 8.43. The highest BCUT2D eigenvalue weighted by atomic mass is 19.1. The number of amides is 1. The van der Waals surface area contributed by atoms with Crippen LogP contribution in [0.3, 0.4) is 0 Å². The fraction of sp³-hybridized carbons (Fsp3) is 0.361. The van der Waals surface area contributed by atoms with Crippen LogP contribution in [0.5, 0.6) is 0 Å². The third-order valence-corrected chi connectivity index (χ3v) is 8.43. The van der Waals surface area contributed by atoms with Gasteiger partial charge in [-0.05, 0) is 36.1 Å². The van der Waals surface area contributed by atoms with Crippen LogP contribution in [-0.2, 0) is 25.7 Å². The van der Waals surface area contributed by atoms with Crippen LogP contribution < -0.4 is 0 Å². The SMILES string of the molecule is CN(C)C(=O)C1(C(=O)OCC(=O)C(C)(C)C)CCN(Cc2ccc(-c3noc(-c4ccc(-c5ccccc5)c(F)c4)n3)cc2)CC1. The molecule has 0 saturated carbocycles. The molecule has 1 fully saturated rings. The Kier molecular flexibility index (Phi) is 9.48. The van der Waals surface area contributed by atoms with E-state index in [0.29, 0.717) is 49.4 Å². The third kappa shape index (κ3) is 7.07. The number of carbonyl (C=O) groups is 3. The number of hydrogen-bond donors (Lipinski definition) is 0. The quantitative estimate of drug-likeness (QED) is 0.164. The van der Waals surface area contributed by atoms with E-state index in [0.717, 1.165) is 16.7 Å². The molecule has 0 spiro atoms. The topological polar surface area (TPSA) is 106 Å². The van der Waals surface area contributed by atoms with E-state index < -0.39 is 16.8 Å². The van der Waals surface area contributed by atoms with E-state index in [2.05, 4.69) is 15.0 Å². The lowest BCUT2D eigenvalue weighted by Gasteiger charge is -2.40. The molecule has 1 aromatic heterocycles. The summed E-state index contributed by atoms with van der Waals surface area (Å²) in [6, 6.07) is 21.9. The zero-order chi connectivity index (χ0) is 33.1. The van der Waals surface area contributed by atoms with Gasteiger partial charge in [0.15, 0.2) is 12.4 Å². The summed E-state index contributed by atoms with van der Waals surface area (Å²) >= 11 is 0. The predicted octanol–water partition coefficient (Wildman–Crippen LogP) is 6.04. The zero-order valence-corrected chi connectivity index (χ0v) is 26.9. The first-order chi connectivity index (χ1) is 21.9. The normalized spacial score (nSPS) is 14.9. The minimum absolute atomic E-state index is 0.197. The Hall–Kier alpha value is -4.70. The summed E-state index contributed by atoms with van der Waals surface area (Å²) in [7, 11) is 3.25. The number of esters is 1. The molecule has 3 aromatic carbocycles. The Morgan fingerprint density at radius 3 is 2.20 bits per heavy atom. The minimum atomic E-state index is -1.32. The van der Waals surface area contributed by atoms with Crippen molar-refractivity contribution in [3.8, 4) is 34.0 Å². The fourth-order valence-corrected chi connectivity index (χ4v) is 5.49. The monoisotopic (exact) mass is 626 g/mol. The summed E-state index contributed by atoms with van der Waals surface area (Å²) in [5.41, 5.74) is 1.61. The van der Waals surface area contributed by atoms with E-state index in [1.54, 1.807) is 47.0 Å². The molecular weight excluding hydrogens is 587 g/mol. The number of piperidine rings is 1. The maximum absolute atomic E-state index is 14.9. The number of likely N-dealkylation sites (tertiary alicyclic amines) is 1. The van der Waals surface area contributed by atoms with E-state index in [4.69, 9.17) is 9.26 Å². The van der Waals surface area contributed by atoms with Crippen LogP contribution in [0.2, 0.25) is 0 Å². The van der Waals surface area contributed by atoms with Crippen molar-refractivity contribution in [2.45, 2.75) is 40.2 Å². The van der Waals surface area contributed by atoms with Crippen molar-refractivity contribution in [1.29, 1.82) is 0 Å². The van der Waals surface area contributed by atoms with E-state index in [1.807, 2.05) is 54.6 Å². The van der Waals surface area contributed by atoms with Gasteiger partial charge in [-0.1, -0.05) is 86.6 Å². The molecule has 5 rings (SSSR count). The van der Waals surface area contributed by atoms with Gasteiger partial charge in [-0.2, -0.15) is 4.98 Å². The summed E-state index contributed by atoms with van der Waals surface area (Å²) in [5.74, 6) is -0.898. The first-order valence-electron chi connectivity index (χ1n) is 15.3. The van der Waals surface area contributed by atoms with Crippen molar-refractivity contribution in [3.05, 3.63) is 84.2 Å². The molecule has 0 unspecified atom stereocenters. The number of Topliss-reactive ketones (excluding diaryl/α,β-unsaturated/α-hetero) is 1. The number of hydrogen-bond acceptors (Lipinski definition) is 8. The molecule has 1 amide bonds. The van der Waals surface area contributed by atoms with Gasteiger partial charge in [-0.25, -0.2) is 4.39 Å². The van der Waals surface area contributed by atoms with Crippen molar-refractivity contribution in [3.63, 3.8) is 0 Å². The Bertz CT molecular complexity index is 1700. The van der Waals surface area contributed by atoms with Gasteiger partial charge in [0, 0.05) is 55.8 Å². The summed E-state index contributed by atoms with van der Waals surface area (Å²) < 4.78 is 25.8. The summed E-state index contributed by atoms with van der Waals surface area (Å²) in [5, 5.41) is 4.10. The highest BCUT2D eigenvalue weighted by Crippen LogP contribution is 2.36. The van der Waals surface area contributed by atoms with Crippen LogP contribution in [0.15, 0.2) is 77.3 Å². The average Bonchev–Trinajstić information content (AvgIpc) is 3.54. The van der Waals surface area contributed by atoms with Crippen LogP contribution in [0, 0.1) is 16.6 Å². The van der Waals surface area contributed by atoms with E-state index >= 15 is 0 Å². The molecule has 46 heavy (non-hydrogen) atoms. The lowest BCUT2D eigenvalue weighted by molar-refractivity contribution is -0.170. The highest BCUT2D eigenvalue weighted by Gasteiger charge is 2.50. The second-order valence-corrected chi connectivity index (χ2v) is 13.0. The number of benzene rings is 3. The Balaban J connectivity index is 1.21. The summed E-state index contributed by atoms with van der Waals surface area (Å²) in [6.45, 7) is 6.60. The molecule has 4 aromatic rings. The van der Waals surface area contributed by atoms with E-state index in [-0.39, 0.29) is 30.0 Å².